The van der Waals surface area contributed by atoms with Gasteiger partial charge in [0.2, 0.25) is 0 Å². The lowest BCUT2D eigenvalue weighted by Crippen LogP contribution is -2.40. The Morgan fingerprint density at radius 1 is 0.967 bits per heavy atom. The van der Waals surface area contributed by atoms with E-state index in [-0.39, 0.29) is 5.91 Å². The van der Waals surface area contributed by atoms with Crippen LogP contribution in [0.5, 0.6) is 0 Å². The average Bonchev–Trinajstić information content (AvgIpc) is 2.77. The first-order valence-electron chi connectivity index (χ1n) is 10.8. The number of rotatable bonds is 13. The highest BCUT2D eigenvalue weighted by Gasteiger charge is 2.21. The van der Waals surface area contributed by atoms with E-state index in [0.717, 1.165) is 36.8 Å². The topological polar surface area (TPSA) is 47.6 Å². The normalized spacial score (nSPS) is 10.9. The van der Waals surface area contributed by atoms with E-state index in [4.69, 9.17) is 8.85 Å². The molecule has 4 nitrogen and oxygen atoms in total. The van der Waals surface area contributed by atoms with Crippen LogP contribution in [0.4, 0.5) is 0 Å². The van der Waals surface area contributed by atoms with E-state index in [9.17, 15) is 4.79 Å². The number of hydrogen-bond donors (Lipinski definition) is 1. The fourth-order valence-corrected chi connectivity index (χ4v) is 4.89. The second-order valence-corrected chi connectivity index (χ2v) is 9.05. The summed E-state index contributed by atoms with van der Waals surface area (Å²) in [5.41, 5.74) is 3.97. The van der Waals surface area contributed by atoms with Crippen LogP contribution in [-0.2, 0) is 15.3 Å². The highest BCUT2D eigenvalue weighted by molar-refractivity contribution is 6.61. The van der Waals surface area contributed by atoms with Gasteiger partial charge in [0.15, 0.2) is 0 Å². The monoisotopic (exact) mass is 424 g/mol. The van der Waals surface area contributed by atoms with Gasteiger partial charge in [-0.05, 0) is 61.1 Å². The summed E-state index contributed by atoms with van der Waals surface area (Å²) in [6, 6.07) is 15.9. The van der Waals surface area contributed by atoms with Crippen molar-refractivity contribution in [1.82, 2.24) is 5.32 Å². The van der Waals surface area contributed by atoms with Gasteiger partial charge in [0.25, 0.3) is 5.91 Å². The van der Waals surface area contributed by atoms with Gasteiger partial charge in [-0.25, -0.2) is 0 Å². The van der Waals surface area contributed by atoms with Crippen LogP contribution in [0.2, 0.25) is 0 Å². The lowest BCUT2D eigenvalue weighted by atomic mass is 10.1. The molecule has 0 aliphatic carbocycles. The van der Waals surface area contributed by atoms with Gasteiger partial charge in [-0.3, -0.25) is 4.79 Å². The number of hydrogen-bond acceptors (Lipinski definition) is 3. The van der Waals surface area contributed by atoms with Gasteiger partial charge < -0.3 is 14.2 Å². The lowest BCUT2D eigenvalue weighted by Gasteiger charge is -2.18. The second kappa shape index (κ2) is 13.2. The van der Waals surface area contributed by atoms with Crippen LogP contribution in [0.25, 0.3) is 5.57 Å². The first-order valence-corrected chi connectivity index (χ1v) is 12.1. The summed E-state index contributed by atoms with van der Waals surface area (Å²) in [6.45, 7) is 12.2. The molecule has 0 bridgehead atoms. The largest absolute Gasteiger partial charge is 0.423 e. The van der Waals surface area contributed by atoms with Gasteiger partial charge >= 0.3 is 9.28 Å². The molecule has 2 aromatic rings. The number of nitrogens with one attached hydrogen (secondary N) is 1. The van der Waals surface area contributed by atoms with Crippen molar-refractivity contribution in [2.24, 2.45) is 0 Å². The fraction of sp³-hybridized carbons (Fsp3) is 0.400. The van der Waals surface area contributed by atoms with E-state index in [1.54, 1.807) is 0 Å². The summed E-state index contributed by atoms with van der Waals surface area (Å²) in [4.78, 5) is 12.4. The Bertz CT molecular complexity index is 796. The number of allylic oxidation sites excluding steroid dienone is 1. The van der Waals surface area contributed by atoms with Crippen molar-refractivity contribution in [3.05, 3.63) is 71.8 Å². The Labute approximate surface area is 183 Å². The Balaban J connectivity index is 1.91. The molecule has 0 spiro atoms. The zero-order valence-corrected chi connectivity index (χ0v) is 19.5. The molecule has 1 radical (unpaired) electrons. The maximum atomic E-state index is 12.4. The van der Waals surface area contributed by atoms with E-state index in [0.29, 0.717) is 25.3 Å². The first kappa shape index (κ1) is 24.1. The predicted octanol–water partition coefficient (Wildman–Crippen LogP) is 4.63. The molecule has 2 rings (SSSR count). The summed E-state index contributed by atoms with van der Waals surface area (Å²) in [6.07, 6.45) is 3.70. The molecule has 0 saturated carbocycles. The Hall–Kier alpha value is -2.21. The van der Waals surface area contributed by atoms with Crippen molar-refractivity contribution < 1.29 is 13.6 Å². The van der Waals surface area contributed by atoms with Crippen LogP contribution in [0.15, 0.2) is 55.1 Å². The van der Waals surface area contributed by atoms with Crippen LogP contribution in [0.1, 0.15) is 61.5 Å². The van der Waals surface area contributed by atoms with Gasteiger partial charge in [-0.15, -0.1) is 0 Å². The SMILES string of the molecule is C=C(C)c1ccc(C(=O)NCCCc2ccccc2[Si](OCCC)OCCC)cc1. The average molecular weight is 425 g/mol. The molecule has 5 heteroatoms. The summed E-state index contributed by atoms with van der Waals surface area (Å²) in [7, 11) is -1.48. The van der Waals surface area contributed by atoms with Crippen molar-refractivity contribution >= 4 is 26.0 Å². The van der Waals surface area contributed by atoms with Gasteiger partial charge in [0.1, 0.15) is 0 Å². The Kier molecular flexibility index (Phi) is 10.6. The minimum atomic E-state index is -1.48. The van der Waals surface area contributed by atoms with Gasteiger partial charge in [-0.2, -0.15) is 0 Å². The highest BCUT2D eigenvalue weighted by Crippen LogP contribution is 2.12. The van der Waals surface area contributed by atoms with Gasteiger partial charge in [0, 0.05) is 25.3 Å². The summed E-state index contributed by atoms with van der Waals surface area (Å²) >= 11 is 0. The molecule has 30 heavy (non-hydrogen) atoms. The Morgan fingerprint density at radius 2 is 1.57 bits per heavy atom. The van der Waals surface area contributed by atoms with E-state index >= 15 is 0 Å². The lowest BCUT2D eigenvalue weighted by molar-refractivity contribution is 0.0953. The van der Waals surface area contributed by atoms with Crippen LogP contribution >= 0.6 is 0 Å². The zero-order chi connectivity index (χ0) is 21.8. The van der Waals surface area contributed by atoms with E-state index < -0.39 is 9.28 Å². The van der Waals surface area contributed by atoms with Gasteiger partial charge in [0.05, 0.1) is 0 Å². The molecular formula is C25H34NO3Si. The maximum Gasteiger partial charge on any atom is 0.423 e. The molecule has 0 aromatic heterocycles. The predicted molar refractivity (Wildman–Crippen MR) is 126 cm³/mol. The molecule has 1 N–H and O–H groups in total. The van der Waals surface area contributed by atoms with Crippen molar-refractivity contribution in [2.45, 2.75) is 46.5 Å². The third kappa shape index (κ3) is 7.56. The number of amides is 1. The molecule has 1 amide bonds. The molecule has 0 heterocycles. The van der Waals surface area contributed by atoms with Crippen molar-refractivity contribution in [3.8, 4) is 0 Å². The summed E-state index contributed by atoms with van der Waals surface area (Å²) < 4.78 is 12.1. The Morgan fingerprint density at radius 3 is 2.17 bits per heavy atom. The molecular weight excluding hydrogens is 390 g/mol. The number of carbonyl (C=O) groups is 1. The van der Waals surface area contributed by atoms with E-state index in [1.807, 2.05) is 37.3 Å². The minimum absolute atomic E-state index is 0.0427. The zero-order valence-electron chi connectivity index (χ0n) is 18.5. The second-order valence-electron chi connectivity index (χ2n) is 7.36. The number of benzene rings is 2. The molecule has 0 fully saturated rings. The van der Waals surface area contributed by atoms with Crippen LogP contribution < -0.4 is 10.5 Å². The molecule has 0 atom stereocenters. The van der Waals surface area contributed by atoms with Crippen molar-refractivity contribution in [3.63, 3.8) is 0 Å². The maximum absolute atomic E-state index is 12.4. The quantitative estimate of drug-likeness (QED) is 0.377. The first-order chi connectivity index (χ1) is 14.6. The molecule has 2 aromatic carbocycles. The molecule has 0 aliphatic rings. The molecule has 0 aliphatic heterocycles. The minimum Gasteiger partial charge on any atom is -0.390 e. The third-order valence-corrected chi connectivity index (χ3v) is 6.52. The van der Waals surface area contributed by atoms with E-state index in [1.165, 1.54) is 10.8 Å². The molecule has 0 unspecified atom stereocenters. The summed E-state index contributed by atoms with van der Waals surface area (Å²) in [5, 5.41) is 4.21. The van der Waals surface area contributed by atoms with Crippen LogP contribution in [-0.4, -0.2) is 34.9 Å². The van der Waals surface area contributed by atoms with Gasteiger partial charge in [-0.1, -0.05) is 62.4 Å². The van der Waals surface area contributed by atoms with Crippen LogP contribution in [0.3, 0.4) is 0 Å². The number of aryl methyl sites for hydroxylation is 1. The van der Waals surface area contributed by atoms with Crippen LogP contribution in [0, 0.1) is 0 Å². The van der Waals surface area contributed by atoms with Crippen molar-refractivity contribution in [2.75, 3.05) is 19.8 Å². The number of carbonyl (C=O) groups excluding carboxylic acids is 1. The smallest absolute Gasteiger partial charge is 0.390 e. The molecule has 161 valence electrons. The summed E-state index contributed by atoms with van der Waals surface area (Å²) in [5.74, 6) is -0.0427. The fourth-order valence-electron chi connectivity index (χ4n) is 3.01. The van der Waals surface area contributed by atoms with Crippen molar-refractivity contribution in [1.29, 1.82) is 0 Å². The highest BCUT2D eigenvalue weighted by atomic mass is 28.3. The third-order valence-electron chi connectivity index (χ3n) is 4.66. The standard InChI is InChI=1S/C25H34NO3Si/c1-5-18-28-30(29-19-6-2)24-12-8-7-10-22(24)11-9-17-26-25(27)23-15-13-21(14-16-23)20(3)4/h7-8,10,12-16H,3,5-6,9,11,17-19H2,1-2,4H3,(H,26,27). The van der Waals surface area contributed by atoms with E-state index in [2.05, 4.69) is 43.9 Å². The molecule has 0 saturated heterocycles.